The molecule has 2 aliphatic rings. The van der Waals surface area contributed by atoms with Gasteiger partial charge in [-0.15, -0.1) is 12.4 Å². The summed E-state index contributed by atoms with van der Waals surface area (Å²) in [6.07, 6.45) is 0. The van der Waals surface area contributed by atoms with Crippen LogP contribution in [0, 0.1) is 11.8 Å². The summed E-state index contributed by atoms with van der Waals surface area (Å²) in [5, 5.41) is 3.36. The predicted molar refractivity (Wildman–Crippen MR) is 111 cm³/mol. The number of likely N-dealkylation sites (tertiary alicyclic amines) is 1. The van der Waals surface area contributed by atoms with Gasteiger partial charge in [-0.25, -0.2) is 8.42 Å². The van der Waals surface area contributed by atoms with Crippen molar-refractivity contribution in [1.29, 1.82) is 0 Å². The first-order valence-electron chi connectivity index (χ1n) is 9.11. The molecule has 0 aromatic heterocycles. The second kappa shape index (κ2) is 8.11. The Kier molecular flexibility index (Phi) is 5.98. The van der Waals surface area contributed by atoms with Gasteiger partial charge in [-0.1, -0.05) is 24.3 Å². The number of amides is 1. The molecule has 1 amide bonds. The van der Waals surface area contributed by atoms with E-state index in [-0.39, 0.29) is 23.2 Å². The van der Waals surface area contributed by atoms with Crippen LogP contribution in [-0.4, -0.2) is 52.5 Å². The van der Waals surface area contributed by atoms with Crippen LogP contribution in [0.4, 0.5) is 5.69 Å². The highest BCUT2D eigenvalue weighted by Gasteiger charge is 2.38. The van der Waals surface area contributed by atoms with Crippen LogP contribution < -0.4 is 9.62 Å². The van der Waals surface area contributed by atoms with Crippen LogP contribution >= 0.6 is 12.4 Å². The Bertz CT molecular complexity index is 940. The van der Waals surface area contributed by atoms with Gasteiger partial charge in [0.2, 0.25) is 0 Å². The summed E-state index contributed by atoms with van der Waals surface area (Å²) in [6, 6.07) is 15.3. The number of nitrogens with zero attached hydrogens (tertiary/aromatic N) is 2. The van der Waals surface area contributed by atoms with Gasteiger partial charge in [0.25, 0.3) is 15.9 Å². The van der Waals surface area contributed by atoms with Crippen molar-refractivity contribution in [3.8, 4) is 0 Å². The number of carbonyl (C=O) groups is 1. The molecular weight excluding hydrogens is 398 g/mol. The van der Waals surface area contributed by atoms with Gasteiger partial charge < -0.3 is 10.2 Å². The molecule has 0 spiro atoms. The molecule has 1 N–H and O–H groups in total. The summed E-state index contributed by atoms with van der Waals surface area (Å²) >= 11 is 0. The number of nitrogens with one attached hydrogen (secondary N) is 1. The van der Waals surface area contributed by atoms with Gasteiger partial charge in [-0.3, -0.25) is 9.10 Å². The zero-order chi connectivity index (χ0) is 19.0. The van der Waals surface area contributed by atoms with Crippen molar-refractivity contribution in [1.82, 2.24) is 10.2 Å². The van der Waals surface area contributed by atoms with E-state index in [1.54, 1.807) is 36.4 Å². The Hall–Kier alpha value is -2.09. The van der Waals surface area contributed by atoms with Crippen molar-refractivity contribution in [2.75, 3.05) is 37.5 Å². The van der Waals surface area contributed by atoms with E-state index in [4.69, 9.17) is 0 Å². The number of anilines is 1. The summed E-state index contributed by atoms with van der Waals surface area (Å²) in [6.45, 7) is 3.37. The first kappa shape index (κ1) is 20.6. The summed E-state index contributed by atoms with van der Waals surface area (Å²) in [5.74, 6) is 0.916. The number of sulfonamides is 1. The van der Waals surface area contributed by atoms with E-state index in [2.05, 4.69) is 5.32 Å². The molecule has 2 aliphatic heterocycles. The topological polar surface area (TPSA) is 69.7 Å². The van der Waals surface area contributed by atoms with Crippen molar-refractivity contribution in [2.45, 2.75) is 4.90 Å². The fourth-order valence-electron chi connectivity index (χ4n) is 3.93. The quantitative estimate of drug-likeness (QED) is 0.821. The van der Waals surface area contributed by atoms with Gasteiger partial charge in [0.1, 0.15) is 0 Å². The van der Waals surface area contributed by atoms with Gasteiger partial charge >= 0.3 is 0 Å². The zero-order valence-electron chi connectivity index (χ0n) is 15.6. The molecule has 2 fully saturated rings. The minimum Gasteiger partial charge on any atom is -0.338 e. The average Bonchev–Trinajstić information content (AvgIpc) is 3.30. The number of carbonyl (C=O) groups excluding carboxylic acids is 1. The SMILES string of the molecule is CN(c1ccccc1)S(=O)(=O)c1cccc(C(=O)N2C[C@H]3CNC[C@H]3C2)c1.Cl. The second-order valence-corrected chi connectivity index (χ2v) is 9.19. The van der Waals surface area contributed by atoms with Crippen LogP contribution in [0.15, 0.2) is 59.5 Å². The van der Waals surface area contributed by atoms with Crippen LogP contribution in [0.5, 0.6) is 0 Å². The standard InChI is InChI=1S/C20H23N3O3S.ClH/c1-22(18-7-3-2-4-8-18)27(25,26)19-9-5-6-15(10-19)20(24)23-13-16-11-21-12-17(16)14-23;/h2-10,16-17,21H,11-14H2,1H3;1H/t16-,17+;. The molecule has 4 rings (SSSR count). The maximum Gasteiger partial charge on any atom is 0.264 e. The smallest absolute Gasteiger partial charge is 0.264 e. The van der Waals surface area contributed by atoms with E-state index in [9.17, 15) is 13.2 Å². The van der Waals surface area contributed by atoms with Gasteiger partial charge in [0.05, 0.1) is 10.6 Å². The molecular formula is C20H24ClN3O3S. The molecule has 0 radical (unpaired) electrons. The molecule has 2 aromatic rings. The van der Waals surface area contributed by atoms with Crippen LogP contribution in [0.1, 0.15) is 10.4 Å². The van der Waals surface area contributed by atoms with Crippen molar-refractivity contribution >= 4 is 34.0 Å². The van der Waals surface area contributed by atoms with Gasteiger partial charge in [0, 0.05) is 38.8 Å². The number of hydrogen-bond donors (Lipinski definition) is 1. The molecule has 0 aliphatic carbocycles. The summed E-state index contributed by atoms with van der Waals surface area (Å²) in [7, 11) is -2.21. The fourth-order valence-corrected chi connectivity index (χ4v) is 5.17. The Labute approximate surface area is 172 Å². The van der Waals surface area contributed by atoms with Crippen LogP contribution in [0.25, 0.3) is 0 Å². The molecule has 2 saturated heterocycles. The molecule has 28 heavy (non-hydrogen) atoms. The third-order valence-electron chi connectivity index (χ3n) is 5.54. The molecule has 0 bridgehead atoms. The van der Waals surface area contributed by atoms with E-state index in [1.165, 1.54) is 23.5 Å². The number of fused-ring (bicyclic) bond motifs is 1. The Balaban J connectivity index is 0.00000225. The van der Waals surface area contributed by atoms with Gasteiger partial charge in [0.15, 0.2) is 0 Å². The molecule has 0 saturated carbocycles. The monoisotopic (exact) mass is 421 g/mol. The largest absolute Gasteiger partial charge is 0.338 e. The van der Waals surface area contributed by atoms with Crippen LogP contribution in [0.2, 0.25) is 0 Å². The van der Waals surface area contributed by atoms with E-state index in [1.807, 2.05) is 11.0 Å². The molecule has 2 atom stereocenters. The lowest BCUT2D eigenvalue weighted by atomic mass is 10.0. The molecule has 2 heterocycles. The van der Waals surface area contributed by atoms with Crippen molar-refractivity contribution in [3.63, 3.8) is 0 Å². The maximum absolute atomic E-state index is 13.0. The van der Waals surface area contributed by atoms with E-state index in [0.29, 0.717) is 23.1 Å². The van der Waals surface area contributed by atoms with Crippen molar-refractivity contribution in [2.24, 2.45) is 11.8 Å². The van der Waals surface area contributed by atoms with Gasteiger partial charge in [-0.2, -0.15) is 0 Å². The number of para-hydroxylation sites is 1. The van der Waals surface area contributed by atoms with E-state index >= 15 is 0 Å². The third-order valence-corrected chi connectivity index (χ3v) is 7.32. The fraction of sp³-hybridized carbons (Fsp3) is 0.350. The highest BCUT2D eigenvalue weighted by Crippen LogP contribution is 2.28. The van der Waals surface area contributed by atoms with Crippen molar-refractivity contribution < 1.29 is 13.2 Å². The Morgan fingerprint density at radius 1 is 1.04 bits per heavy atom. The van der Waals surface area contributed by atoms with E-state index < -0.39 is 10.0 Å². The lowest BCUT2D eigenvalue weighted by Gasteiger charge is -2.21. The molecule has 150 valence electrons. The highest BCUT2D eigenvalue weighted by atomic mass is 35.5. The first-order valence-corrected chi connectivity index (χ1v) is 10.5. The third kappa shape index (κ3) is 3.74. The maximum atomic E-state index is 13.0. The molecule has 6 nitrogen and oxygen atoms in total. The van der Waals surface area contributed by atoms with E-state index in [0.717, 1.165) is 26.2 Å². The molecule has 8 heteroatoms. The summed E-state index contributed by atoms with van der Waals surface area (Å²) in [4.78, 5) is 14.9. The van der Waals surface area contributed by atoms with Crippen LogP contribution in [-0.2, 0) is 10.0 Å². The first-order chi connectivity index (χ1) is 13.0. The normalized spacial score (nSPS) is 21.1. The van der Waals surface area contributed by atoms with Gasteiger partial charge in [-0.05, 0) is 42.2 Å². The molecule has 2 aromatic carbocycles. The number of rotatable bonds is 4. The number of benzene rings is 2. The Morgan fingerprint density at radius 3 is 2.32 bits per heavy atom. The number of halogens is 1. The summed E-state index contributed by atoms with van der Waals surface area (Å²) in [5.41, 5.74) is 1.000. The summed E-state index contributed by atoms with van der Waals surface area (Å²) < 4.78 is 27.2. The minimum absolute atomic E-state index is 0. The Morgan fingerprint density at radius 2 is 1.68 bits per heavy atom. The molecule has 0 unspecified atom stereocenters. The predicted octanol–water partition coefficient (Wildman–Crippen LogP) is 2.22. The second-order valence-electron chi connectivity index (χ2n) is 7.22. The number of hydrogen-bond acceptors (Lipinski definition) is 4. The average molecular weight is 422 g/mol. The minimum atomic E-state index is -3.73. The zero-order valence-corrected chi connectivity index (χ0v) is 17.2. The lowest BCUT2D eigenvalue weighted by Crippen LogP contribution is -2.32. The lowest BCUT2D eigenvalue weighted by molar-refractivity contribution is 0.0781. The highest BCUT2D eigenvalue weighted by molar-refractivity contribution is 7.92. The van der Waals surface area contributed by atoms with Crippen molar-refractivity contribution in [3.05, 3.63) is 60.2 Å². The van der Waals surface area contributed by atoms with Crippen LogP contribution in [0.3, 0.4) is 0 Å².